The molecule has 2 aromatic rings. The van der Waals surface area contributed by atoms with Crippen LogP contribution in [0, 0.1) is 0 Å². The van der Waals surface area contributed by atoms with Crippen molar-refractivity contribution in [3.05, 3.63) is 36.2 Å². The van der Waals surface area contributed by atoms with E-state index >= 15 is 0 Å². The maximum Gasteiger partial charge on any atom is 0.230 e. The second kappa shape index (κ2) is 7.61. The van der Waals surface area contributed by atoms with Crippen LogP contribution in [0.5, 0.6) is 0 Å². The summed E-state index contributed by atoms with van der Waals surface area (Å²) in [6.45, 7) is 1.04. The third-order valence-corrected chi connectivity index (χ3v) is 4.35. The van der Waals surface area contributed by atoms with Gasteiger partial charge in [-0.1, -0.05) is 30.0 Å². The topological polar surface area (TPSA) is 69.0 Å². The lowest BCUT2D eigenvalue weighted by Crippen LogP contribution is -2.28. The molecule has 0 spiro atoms. The van der Waals surface area contributed by atoms with Gasteiger partial charge in [0.25, 0.3) is 0 Å². The number of para-hydroxylation sites is 1. The van der Waals surface area contributed by atoms with Crippen LogP contribution in [0.3, 0.4) is 0 Å². The minimum absolute atomic E-state index is 0.0314. The second-order valence-electron chi connectivity index (χ2n) is 5.41. The standard InChI is InChI=1S/C16H20N4O2S/c1-22-10-9-17-14(21)11-23-16-18-15(12-7-8-12)20(19-16)13-5-3-2-4-6-13/h2-6,12H,7-11H2,1H3,(H,17,21). The zero-order chi connectivity index (χ0) is 16.1. The Hall–Kier alpha value is -1.86. The van der Waals surface area contributed by atoms with E-state index < -0.39 is 0 Å². The van der Waals surface area contributed by atoms with Gasteiger partial charge in [-0.15, -0.1) is 5.10 Å². The van der Waals surface area contributed by atoms with Crippen LogP contribution in [0.1, 0.15) is 24.6 Å². The summed E-state index contributed by atoms with van der Waals surface area (Å²) in [5.74, 6) is 1.77. The number of amides is 1. The number of nitrogens with zero attached hydrogens (tertiary/aromatic N) is 3. The number of carbonyl (C=O) groups is 1. The maximum atomic E-state index is 11.7. The summed E-state index contributed by atoms with van der Waals surface area (Å²) in [7, 11) is 1.61. The van der Waals surface area contributed by atoms with Crippen LogP contribution in [0.15, 0.2) is 35.5 Å². The number of methoxy groups -OCH3 is 1. The Balaban J connectivity index is 1.66. The first kappa shape index (κ1) is 16.0. The first-order chi connectivity index (χ1) is 11.3. The van der Waals surface area contributed by atoms with Gasteiger partial charge in [0.15, 0.2) is 0 Å². The molecule has 1 amide bonds. The highest BCUT2D eigenvalue weighted by Gasteiger charge is 2.30. The summed E-state index contributed by atoms with van der Waals surface area (Å²) >= 11 is 1.37. The van der Waals surface area contributed by atoms with Gasteiger partial charge in [0.2, 0.25) is 11.1 Å². The van der Waals surface area contributed by atoms with E-state index in [2.05, 4.69) is 15.4 Å². The average Bonchev–Trinajstić information content (AvgIpc) is 3.34. The number of carbonyl (C=O) groups excluding carboxylic acids is 1. The Morgan fingerprint density at radius 2 is 2.17 bits per heavy atom. The van der Waals surface area contributed by atoms with Gasteiger partial charge < -0.3 is 10.1 Å². The molecule has 0 saturated heterocycles. The molecule has 1 aromatic heterocycles. The van der Waals surface area contributed by atoms with E-state index in [9.17, 15) is 4.79 Å². The summed E-state index contributed by atoms with van der Waals surface area (Å²) in [4.78, 5) is 16.4. The van der Waals surface area contributed by atoms with E-state index in [0.29, 0.717) is 30.0 Å². The van der Waals surface area contributed by atoms with Gasteiger partial charge in [-0.2, -0.15) is 0 Å². The van der Waals surface area contributed by atoms with Crippen LogP contribution in [0.2, 0.25) is 0 Å². The first-order valence-corrected chi connectivity index (χ1v) is 8.67. The van der Waals surface area contributed by atoms with E-state index in [1.807, 2.05) is 35.0 Å². The lowest BCUT2D eigenvalue weighted by Gasteiger charge is -2.03. The van der Waals surface area contributed by atoms with Crippen LogP contribution >= 0.6 is 11.8 Å². The van der Waals surface area contributed by atoms with Gasteiger partial charge in [0, 0.05) is 19.6 Å². The number of hydrogen-bond acceptors (Lipinski definition) is 5. The summed E-state index contributed by atoms with van der Waals surface area (Å²) in [5.41, 5.74) is 1.01. The molecular formula is C16H20N4O2S. The quantitative estimate of drug-likeness (QED) is 0.591. The average molecular weight is 332 g/mol. The van der Waals surface area contributed by atoms with Crippen molar-refractivity contribution in [2.75, 3.05) is 26.0 Å². The molecule has 1 N–H and O–H groups in total. The fourth-order valence-electron chi connectivity index (χ4n) is 2.20. The molecule has 0 atom stereocenters. The summed E-state index contributed by atoms with van der Waals surface area (Å²) in [5, 5.41) is 8.02. The Morgan fingerprint density at radius 1 is 1.39 bits per heavy atom. The van der Waals surface area contributed by atoms with Crippen LogP contribution < -0.4 is 5.32 Å². The van der Waals surface area contributed by atoms with E-state index in [-0.39, 0.29) is 5.91 Å². The lowest BCUT2D eigenvalue weighted by atomic mass is 10.3. The molecule has 3 rings (SSSR count). The molecule has 0 radical (unpaired) electrons. The Bertz CT molecular complexity index is 655. The van der Waals surface area contributed by atoms with Gasteiger partial charge in [0.05, 0.1) is 18.0 Å². The predicted molar refractivity (Wildman–Crippen MR) is 88.9 cm³/mol. The molecule has 0 bridgehead atoms. The molecule has 1 fully saturated rings. The fourth-order valence-corrected chi connectivity index (χ4v) is 2.86. The Labute approximate surface area is 139 Å². The molecule has 23 heavy (non-hydrogen) atoms. The molecule has 1 heterocycles. The van der Waals surface area contributed by atoms with Gasteiger partial charge in [-0.05, 0) is 25.0 Å². The summed E-state index contributed by atoms with van der Waals surface area (Å²) < 4.78 is 6.81. The van der Waals surface area contributed by atoms with E-state index in [1.54, 1.807) is 7.11 Å². The highest BCUT2D eigenvalue weighted by molar-refractivity contribution is 7.99. The molecule has 1 aromatic carbocycles. The number of rotatable bonds is 8. The van der Waals surface area contributed by atoms with Crippen LogP contribution in [-0.2, 0) is 9.53 Å². The van der Waals surface area contributed by atoms with Crippen molar-refractivity contribution in [3.63, 3.8) is 0 Å². The van der Waals surface area contributed by atoms with E-state index in [1.165, 1.54) is 11.8 Å². The fraction of sp³-hybridized carbons (Fsp3) is 0.438. The highest BCUT2D eigenvalue weighted by Crippen LogP contribution is 2.40. The summed E-state index contributed by atoms with van der Waals surface area (Å²) in [6, 6.07) is 10.0. The van der Waals surface area contributed by atoms with Crippen molar-refractivity contribution in [2.24, 2.45) is 0 Å². The molecule has 122 valence electrons. The second-order valence-corrected chi connectivity index (χ2v) is 6.35. The molecule has 1 aliphatic rings. The third kappa shape index (κ3) is 4.33. The van der Waals surface area contributed by atoms with Gasteiger partial charge >= 0.3 is 0 Å². The van der Waals surface area contributed by atoms with Crippen molar-refractivity contribution in [3.8, 4) is 5.69 Å². The maximum absolute atomic E-state index is 11.7. The first-order valence-electron chi connectivity index (χ1n) is 7.68. The minimum atomic E-state index is -0.0314. The Morgan fingerprint density at radius 3 is 2.87 bits per heavy atom. The van der Waals surface area contributed by atoms with Gasteiger partial charge in [-0.25, -0.2) is 9.67 Å². The van der Waals surface area contributed by atoms with Gasteiger partial charge in [-0.3, -0.25) is 4.79 Å². The molecule has 0 aliphatic heterocycles. The number of hydrogen-bond donors (Lipinski definition) is 1. The van der Waals surface area contributed by atoms with E-state index in [4.69, 9.17) is 4.74 Å². The summed E-state index contributed by atoms with van der Waals surface area (Å²) in [6.07, 6.45) is 2.32. The number of ether oxygens (including phenoxy) is 1. The number of aromatic nitrogens is 3. The van der Waals surface area contributed by atoms with Crippen LogP contribution in [0.25, 0.3) is 5.69 Å². The van der Waals surface area contributed by atoms with Crippen molar-refractivity contribution < 1.29 is 9.53 Å². The normalized spacial score (nSPS) is 14.0. The molecule has 1 aliphatic carbocycles. The molecule has 0 unspecified atom stereocenters. The monoisotopic (exact) mass is 332 g/mol. The minimum Gasteiger partial charge on any atom is -0.383 e. The number of nitrogens with one attached hydrogen (secondary N) is 1. The molecule has 1 saturated carbocycles. The van der Waals surface area contributed by atoms with E-state index in [0.717, 1.165) is 24.4 Å². The van der Waals surface area contributed by atoms with Gasteiger partial charge in [0.1, 0.15) is 5.82 Å². The van der Waals surface area contributed by atoms with Crippen molar-refractivity contribution in [1.29, 1.82) is 0 Å². The highest BCUT2D eigenvalue weighted by atomic mass is 32.2. The molecular weight excluding hydrogens is 312 g/mol. The van der Waals surface area contributed by atoms with Crippen molar-refractivity contribution in [1.82, 2.24) is 20.1 Å². The number of thioether (sulfide) groups is 1. The Kier molecular flexibility index (Phi) is 5.30. The number of benzene rings is 1. The van der Waals surface area contributed by atoms with Crippen LogP contribution in [0.4, 0.5) is 0 Å². The molecule has 6 nitrogen and oxygen atoms in total. The molecule has 7 heteroatoms. The predicted octanol–water partition coefficient (Wildman–Crippen LogP) is 2.00. The third-order valence-electron chi connectivity index (χ3n) is 3.52. The van der Waals surface area contributed by atoms with Crippen LogP contribution in [-0.4, -0.2) is 46.7 Å². The SMILES string of the molecule is COCCNC(=O)CSc1nc(C2CC2)n(-c2ccccc2)n1. The largest absolute Gasteiger partial charge is 0.383 e. The van der Waals surface area contributed by atoms with Crippen molar-refractivity contribution in [2.45, 2.75) is 23.9 Å². The lowest BCUT2D eigenvalue weighted by molar-refractivity contribution is -0.118. The van der Waals surface area contributed by atoms with Crippen molar-refractivity contribution >= 4 is 17.7 Å². The zero-order valence-electron chi connectivity index (χ0n) is 13.1. The smallest absolute Gasteiger partial charge is 0.230 e. The zero-order valence-corrected chi connectivity index (χ0v) is 13.9.